The molecule has 96 valence electrons. The van der Waals surface area contributed by atoms with E-state index in [9.17, 15) is 4.79 Å². The van der Waals surface area contributed by atoms with Gasteiger partial charge in [-0.05, 0) is 18.3 Å². The highest BCUT2D eigenvalue weighted by Crippen LogP contribution is 2.27. The molecule has 0 saturated carbocycles. The van der Waals surface area contributed by atoms with Crippen LogP contribution in [0.4, 0.5) is 0 Å². The molecule has 0 aliphatic heterocycles. The van der Waals surface area contributed by atoms with E-state index in [1.165, 1.54) is 0 Å². The number of ether oxygens (including phenoxy) is 2. The van der Waals surface area contributed by atoms with Gasteiger partial charge in [0.25, 0.3) is 0 Å². The van der Waals surface area contributed by atoms with E-state index in [4.69, 9.17) is 9.47 Å². The number of esters is 1. The average Bonchev–Trinajstić information content (AvgIpc) is 2.19. The van der Waals surface area contributed by atoms with E-state index < -0.39 is 0 Å². The summed E-state index contributed by atoms with van der Waals surface area (Å²) in [4.78, 5) is 11.8. The highest BCUT2D eigenvalue weighted by molar-refractivity contribution is 5.73. The van der Waals surface area contributed by atoms with Crippen LogP contribution >= 0.6 is 0 Å². The molecule has 0 rings (SSSR count). The normalized spacial score (nSPS) is 13.6. The minimum Gasteiger partial charge on any atom is -0.465 e. The Balaban J connectivity index is 4.25. The maximum Gasteiger partial charge on any atom is 0.311 e. The Labute approximate surface area is 99.5 Å². The van der Waals surface area contributed by atoms with Crippen molar-refractivity contribution >= 4 is 5.97 Å². The number of carbonyl (C=O) groups excluding carboxylic acids is 1. The van der Waals surface area contributed by atoms with Gasteiger partial charge in [0.1, 0.15) is 0 Å². The summed E-state index contributed by atoms with van der Waals surface area (Å²) in [6, 6.07) is 0. The van der Waals surface area contributed by atoms with Crippen LogP contribution < -0.4 is 0 Å². The third-order valence-corrected chi connectivity index (χ3v) is 2.41. The van der Waals surface area contributed by atoms with Gasteiger partial charge in [0.05, 0.1) is 19.1 Å². The zero-order valence-corrected chi connectivity index (χ0v) is 11.3. The summed E-state index contributed by atoms with van der Waals surface area (Å²) < 4.78 is 10.7. The number of hydrogen-bond acceptors (Lipinski definition) is 3. The van der Waals surface area contributed by atoms with Gasteiger partial charge in [0, 0.05) is 6.61 Å². The molecule has 0 saturated heterocycles. The third kappa shape index (κ3) is 6.11. The number of rotatable bonds is 7. The standard InChI is InChI=1S/C13H26O3/c1-6-8-15-10-11(13(3,4)5)12(14)16-9-7-2/h11H,6-10H2,1-5H3. The Bertz CT molecular complexity index is 194. The molecule has 0 bridgehead atoms. The lowest BCUT2D eigenvalue weighted by Crippen LogP contribution is -2.34. The summed E-state index contributed by atoms with van der Waals surface area (Å²) in [6.07, 6.45) is 1.83. The molecule has 0 aromatic heterocycles. The van der Waals surface area contributed by atoms with Gasteiger partial charge in [-0.2, -0.15) is 0 Å². The zero-order valence-electron chi connectivity index (χ0n) is 11.3. The molecular formula is C13H26O3. The van der Waals surface area contributed by atoms with Crippen LogP contribution in [0.1, 0.15) is 47.5 Å². The van der Waals surface area contributed by atoms with Crippen molar-refractivity contribution in [3.8, 4) is 0 Å². The Kier molecular flexibility index (Phi) is 7.39. The van der Waals surface area contributed by atoms with E-state index in [0.717, 1.165) is 12.8 Å². The van der Waals surface area contributed by atoms with Crippen LogP contribution in [-0.2, 0) is 14.3 Å². The maximum atomic E-state index is 11.8. The van der Waals surface area contributed by atoms with Gasteiger partial charge >= 0.3 is 5.97 Å². The van der Waals surface area contributed by atoms with E-state index in [0.29, 0.717) is 19.8 Å². The second-order valence-corrected chi connectivity index (χ2v) is 5.16. The Hall–Kier alpha value is -0.570. The highest BCUT2D eigenvalue weighted by atomic mass is 16.5. The molecule has 0 heterocycles. The molecule has 1 atom stereocenters. The molecule has 0 aliphatic carbocycles. The molecule has 0 aliphatic rings. The first-order chi connectivity index (χ1) is 7.43. The first kappa shape index (κ1) is 15.4. The second kappa shape index (κ2) is 7.66. The first-order valence-electron chi connectivity index (χ1n) is 6.17. The van der Waals surface area contributed by atoms with E-state index in [-0.39, 0.29) is 17.3 Å². The number of carbonyl (C=O) groups is 1. The van der Waals surface area contributed by atoms with Crippen LogP contribution in [0.2, 0.25) is 0 Å². The summed E-state index contributed by atoms with van der Waals surface area (Å²) in [7, 11) is 0. The Morgan fingerprint density at radius 1 is 1.12 bits per heavy atom. The van der Waals surface area contributed by atoms with E-state index in [1.807, 2.05) is 27.7 Å². The van der Waals surface area contributed by atoms with Crippen molar-refractivity contribution in [2.45, 2.75) is 47.5 Å². The van der Waals surface area contributed by atoms with Crippen molar-refractivity contribution < 1.29 is 14.3 Å². The largest absolute Gasteiger partial charge is 0.465 e. The molecule has 0 fully saturated rings. The highest BCUT2D eigenvalue weighted by Gasteiger charge is 2.32. The lowest BCUT2D eigenvalue weighted by Gasteiger charge is -2.28. The van der Waals surface area contributed by atoms with Gasteiger partial charge in [0.2, 0.25) is 0 Å². The van der Waals surface area contributed by atoms with Gasteiger partial charge in [-0.3, -0.25) is 4.79 Å². The second-order valence-electron chi connectivity index (χ2n) is 5.16. The molecular weight excluding hydrogens is 204 g/mol. The van der Waals surface area contributed by atoms with Crippen LogP contribution in [0.5, 0.6) is 0 Å². The predicted molar refractivity (Wildman–Crippen MR) is 65.3 cm³/mol. The fourth-order valence-electron chi connectivity index (χ4n) is 1.32. The summed E-state index contributed by atoms with van der Waals surface area (Å²) in [5, 5.41) is 0. The topological polar surface area (TPSA) is 35.5 Å². The van der Waals surface area contributed by atoms with Gasteiger partial charge < -0.3 is 9.47 Å². The Morgan fingerprint density at radius 3 is 2.12 bits per heavy atom. The molecule has 0 amide bonds. The van der Waals surface area contributed by atoms with Gasteiger partial charge in [-0.15, -0.1) is 0 Å². The molecule has 0 aromatic carbocycles. The summed E-state index contributed by atoms with van der Waals surface area (Å²) in [5.41, 5.74) is -0.113. The molecule has 1 unspecified atom stereocenters. The van der Waals surface area contributed by atoms with Gasteiger partial charge in [0.15, 0.2) is 0 Å². The van der Waals surface area contributed by atoms with E-state index in [1.54, 1.807) is 0 Å². The smallest absolute Gasteiger partial charge is 0.311 e. The fourth-order valence-corrected chi connectivity index (χ4v) is 1.32. The Morgan fingerprint density at radius 2 is 1.69 bits per heavy atom. The van der Waals surface area contributed by atoms with Crippen LogP contribution in [0.15, 0.2) is 0 Å². The van der Waals surface area contributed by atoms with E-state index >= 15 is 0 Å². The van der Waals surface area contributed by atoms with Crippen LogP contribution in [0.25, 0.3) is 0 Å². The van der Waals surface area contributed by atoms with Crippen molar-refractivity contribution in [3.63, 3.8) is 0 Å². The molecule has 16 heavy (non-hydrogen) atoms. The lowest BCUT2D eigenvalue weighted by molar-refractivity contribution is -0.155. The molecule has 0 radical (unpaired) electrons. The minimum absolute atomic E-state index is 0.113. The van der Waals surface area contributed by atoms with Crippen LogP contribution in [0, 0.1) is 11.3 Å². The van der Waals surface area contributed by atoms with Gasteiger partial charge in [-0.1, -0.05) is 34.6 Å². The van der Waals surface area contributed by atoms with Crippen LogP contribution in [0.3, 0.4) is 0 Å². The third-order valence-electron chi connectivity index (χ3n) is 2.41. The van der Waals surface area contributed by atoms with Crippen molar-refractivity contribution in [2.24, 2.45) is 11.3 Å². The average molecular weight is 230 g/mol. The quantitative estimate of drug-likeness (QED) is 0.498. The maximum absolute atomic E-state index is 11.8. The van der Waals surface area contributed by atoms with Crippen molar-refractivity contribution in [3.05, 3.63) is 0 Å². The first-order valence-corrected chi connectivity index (χ1v) is 6.17. The summed E-state index contributed by atoms with van der Waals surface area (Å²) in [6.45, 7) is 11.8. The van der Waals surface area contributed by atoms with Crippen molar-refractivity contribution in [2.75, 3.05) is 19.8 Å². The minimum atomic E-state index is -0.175. The van der Waals surface area contributed by atoms with Crippen LogP contribution in [-0.4, -0.2) is 25.8 Å². The monoisotopic (exact) mass is 230 g/mol. The zero-order chi connectivity index (χ0) is 12.6. The SMILES string of the molecule is CCCOCC(C(=O)OCCC)C(C)(C)C. The molecule has 3 heteroatoms. The van der Waals surface area contributed by atoms with E-state index in [2.05, 4.69) is 6.92 Å². The van der Waals surface area contributed by atoms with Crippen molar-refractivity contribution in [1.29, 1.82) is 0 Å². The molecule has 3 nitrogen and oxygen atoms in total. The lowest BCUT2D eigenvalue weighted by atomic mass is 9.81. The molecule has 0 spiro atoms. The predicted octanol–water partition coefficient (Wildman–Crippen LogP) is 3.03. The molecule has 0 N–H and O–H groups in total. The summed E-state index contributed by atoms with van der Waals surface area (Å²) >= 11 is 0. The number of hydrogen-bond donors (Lipinski definition) is 0. The fraction of sp³-hybridized carbons (Fsp3) is 0.923. The van der Waals surface area contributed by atoms with Gasteiger partial charge in [-0.25, -0.2) is 0 Å². The molecule has 0 aromatic rings. The summed E-state index contributed by atoms with van der Waals surface area (Å²) in [5.74, 6) is -0.309. The van der Waals surface area contributed by atoms with Crippen molar-refractivity contribution in [1.82, 2.24) is 0 Å².